The van der Waals surface area contributed by atoms with Crippen LogP contribution in [0, 0.1) is 5.82 Å². The maximum Gasteiger partial charge on any atom is 0.352 e. The van der Waals surface area contributed by atoms with Gasteiger partial charge in [-0.15, -0.1) is 0 Å². The molecule has 1 aromatic rings. The van der Waals surface area contributed by atoms with Crippen LogP contribution in [0.15, 0.2) is 12.1 Å². The van der Waals surface area contributed by atoms with Gasteiger partial charge in [0.05, 0.1) is 16.8 Å². The first kappa shape index (κ1) is 9.70. The molecule has 0 saturated heterocycles. The number of hydrogen-bond donors (Lipinski definition) is 1. The largest absolute Gasteiger partial charge is 0.352 e. The second-order valence-corrected chi connectivity index (χ2v) is 3.03. The van der Waals surface area contributed by atoms with Gasteiger partial charge in [0.2, 0.25) is 0 Å². The number of aldehydes is 1. The van der Waals surface area contributed by atoms with E-state index in [2.05, 4.69) is 0 Å². The van der Waals surface area contributed by atoms with E-state index in [1.807, 2.05) is 5.32 Å². The van der Waals surface area contributed by atoms with Crippen LogP contribution in [-0.2, 0) is 10.7 Å². The highest BCUT2D eigenvalue weighted by molar-refractivity contribution is 6.06. The average Bonchev–Trinajstić information content (AvgIpc) is 2.40. The van der Waals surface area contributed by atoms with Gasteiger partial charge in [0.15, 0.2) is 6.29 Å². The van der Waals surface area contributed by atoms with Gasteiger partial charge in [0, 0.05) is 0 Å². The van der Waals surface area contributed by atoms with Crippen molar-refractivity contribution >= 4 is 17.9 Å². The van der Waals surface area contributed by atoms with Gasteiger partial charge in [-0.2, -0.15) is 8.78 Å². The molecule has 1 aromatic carbocycles. The Hall–Kier alpha value is -1.85. The van der Waals surface area contributed by atoms with E-state index in [1.54, 1.807) is 0 Å². The van der Waals surface area contributed by atoms with E-state index in [0.29, 0.717) is 0 Å². The highest BCUT2D eigenvalue weighted by Gasteiger charge is 2.50. The predicted octanol–water partition coefficient (Wildman–Crippen LogP) is 1.68. The molecular weight excluding hydrogens is 211 g/mol. The number of anilines is 1. The van der Waals surface area contributed by atoms with Gasteiger partial charge in [0.1, 0.15) is 5.82 Å². The zero-order valence-electron chi connectivity index (χ0n) is 7.18. The number of rotatable bonds is 1. The Bertz CT molecular complexity index is 471. The summed E-state index contributed by atoms with van der Waals surface area (Å²) in [6.07, 6.45) is -0.0254. The van der Waals surface area contributed by atoms with Crippen LogP contribution in [-0.4, -0.2) is 12.2 Å². The molecule has 2 rings (SSSR count). The maximum atomic E-state index is 13.2. The summed E-state index contributed by atoms with van der Waals surface area (Å²) < 4.78 is 39.5. The molecule has 15 heavy (non-hydrogen) atoms. The summed E-state index contributed by atoms with van der Waals surface area (Å²) in [7, 11) is 0. The summed E-state index contributed by atoms with van der Waals surface area (Å²) in [5.74, 6) is -6.47. The molecule has 0 saturated carbocycles. The molecule has 1 amide bonds. The fraction of sp³-hybridized carbons (Fsp3) is 0.111. The van der Waals surface area contributed by atoms with E-state index in [9.17, 15) is 22.8 Å². The normalized spacial score (nSPS) is 17.1. The molecule has 0 spiro atoms. The van der Waals surface area contributed by atoms with E-state index < -0.39 is 28.8 Å². The smallest absolute Gasteiger partial charge is 0.320 e. The number of amides is 1. The fourth-order valence-corrected chi connectivity index (χ4v) is 1.47. The van der Waals surface area contributed by atoms with Crippen LogP contribution < -0.4 is 5.32 Å². The number of fused-ring (bicyclic) bond motifs is 1. The lowest BCUT2D eigenvalue weighted by molar-refractivity contribution is -0.139. The van der Waals surface area contributed by atoms with Crippen LogP contribution in [0.3, 0.4) is 0 Å². The number of carbonyl (C=O) groups is 2. The average molecular weight is 215 g/mol. The van der Waals surface area contributed by atoms with Gasteiger partial charge < -0.3 is 5.32 Å². The van der Waals surface area contributed by atoms with Crippen LogP contribution in [0.1, 0.15) is 15.9 Å². The van der Waals surface area contributed by atoms with Gasteiger partial charge in [-0.3, -0.25) is 9.59 Å². The number of nitrogens with one attached hydrogen (secondary N) is 1. The molecule has 1 N–H and O–H groups in total. The number of hydrogen-bond acceptors (Lipinski definition) is 2. The molecule has 1 heterocycles. The quantitative estimate of drug-likeness (QED) is 0.724. The third kappa shape index (κ3) is 1.14. The highest BCUT2D eigenvalue weighted by atomic mass is 19.3. The molecule has 0 fully saturated rings. The minimum atomic E-state index is -3.85. The van der Waals surface area contributed by atoms with Gasteiger partial charge in [-0.25, -0.2) is 4.39 Å². The van der Waals surface area contributed by atoms with Crippen molar-refractivity contribution in [3.63, 3.8) is 0 Å². The Labute approximate surface area is 81.9 Å². The lowest BCUT2D eigenvalue weighted by Gasteiger charge is -2.08. The van der Waals surface area contributed by atoms with Crippen LogP contribution in [0.25, 0.3) is 0 Å². The van der Waals surface area contributed by atoms with E-state index >= 15 is 0 Å². The first-order chi connectivity index (χ1) is 6.98. The molecule has 0 aromatic heterocycles. The fourth-order valence-electron chi connectivity index (χ4n) is 1.47. The molecule has 0 bridgehead atoms. The van der Waals surface area contributed by atoms with E-state index in [4.69, 9.17) is 0 Å². The maximum absolute atomic E-state index is 13.2. The lowest BCUT2D eigenvalue weighted by atomic mass is 10.0. The number of halogens is 3. The van der Waals surface area contributed by atoms with Crippen molar-refractivity contribution in [2.24, 2.45) is 0 Å². The van der Waals surface area contributed by atoms with Crippen molar-refractivity contribution in [1.29, 1.82) is 0 Å². The third-order valence-electron chi connectivity index (χ3n) is 2.16. The molecule has 6 heteroatoms. The van der Waals surface area contributed by atoms with Gasteiger partial charge in [-0.1, -0.05) is 0 Å². The third-order valence-corrected chi connectivity index (χ3v) is 2.16. The van der Waals surface area contributed by atoms with Gasteiger partial charge in [-0.05, 0) is 12.1 Å². The number of benzene rings is 1. The molecule has 0 atom stereocenters. The van der Waals surface area contributed by atoms with Gasteiger partial charge >= 0.3 is 5.92 Å². The van der Waals surface area contributed by atoms with Crippen LogP contribution in [0.5, 0.6) is 0 Å². The van der Waals surface area contributed by atoms with Crippen LogP contribution in [0.4, 0.5) is 18.9 Å². The highest BCUT2D eigenvalue weighted by Crippen LogP contribution is 2.42. The topological polar surface area (TPSA) is 46.2 Å². The summed E-state index contributed by atoms with van der Waals surface area (Å²) >= 11 is 0. The van der Waals surface area contributed by atoms with Crippen molar-refractivity contribution in [1.82, 2.24) is 0 Å². The molecule has 0 unspecified atom stereocenters. The molecule has 3 nitrogen and oxygen atoms in total. The standard InChI is InChI=1S/C9H4F3NO2/c10-5-1-2-6-7(4(5)3-14)9(11,12)8(15)13-6/h1-3H,(H,13,15). The zero-order valence-corrected chi connectivity index (χ0v) is 7.18. The van der Waals surface area contributed by atoms with Crippen molar-refractivity contribution in [2.45, 2.75) is 5.92 Å². The molecule has 1 aliphatic heterocycles. The Kier molecular flexibility index (Phi) is 1.82. The summed E-state index contributed by atoms with van der Waals surface area (Å²) in [4.78, 5) is 21.3. The molecular formula is C9H4F3NO2. The molecule has 0 radical (unpaired) electrons. The second-order valence-electron chi connectivity index (χ2n) is 3.03. The van der Waals surface area contributed by atoms with Crippen LogP contribution >= 0.6 is 0 Å². The zero-order chi connectivity index (χ0) is 11.2. The minimum absolute atomic E-state index is 0.0254. The summed E-state index contributed by atoms with van der Waals surface area (Å²) in [5, 5.41) is 1.88. The first-order valence-electron chi connectivity index (χ1n) is 3.96. The SMILES string of the molecule is O=Cc1c(F)ccc2c1C(F)(F)C(=O)N2. The monoisotopic (exact) mass is 215 g/mol. The Morgan fingerprint density at radius 2 is 2.00 bits per heavy atom. The van der Waals surface area contributed by atoms with E-state index in [1.165, 1.54) is 0 Å². The van der Waals surface area contributed by atoms with Crippen molar-refractivity contribution in [3.8, 4) is 0 Å². The van der Waals surface area contributed by atoms with Crippen molar-refractivity contribution in [3.05, 3.63) is 29.1 Å². The summed E-state index contributed by atoms with van der Waals surface area (Å²) in [6.45, 7) is 0. The van der Waals surface area contributed by atoms with E-state index in [-0.39, 0.29) is 12.0 Å². The summed E-state index contributed by atoms with van der Waals surface area (Å²) in [5.41, 5.74) is -1.90. The second kappa shape index (κ2) is 2.82. The van der Waals surface area contributed by atoms with Crippen molar-refractivity contribution in [2.75, 3.05) is 5.32 Å². The predicted molar refractivity (Wildman–Crippen MR) is 44.3 cm³/mol. The lowest BCUT2D eigenvalue weighted by Crippen LogP contribution is -2.24. The van der Waals surface area contributed by atoms with Crippen LogP contribution in [0.2, 0.25) is 0 Å². The number of alkyl halides is 2. The summed E-state index contributed by atoms with van der Waals surface area (Å²) in [6, 6.07) is 1.85. The first-order valence-corrected chi connectivity index (χ1v) is 3.96. The Balaban J connectivity index is 2.78. The Morgan fingerprint density at radius 1 is 1.33 bits per heavy atom. The minimum Gasteiger partial charge on any atom is -0.320 e. The number of carbonyl (C=O) groups excluding carboxylic acids is 2. The molecule has 0 aliphatic carbocycles. The molecule has 78 valence electrons. The van der Waals surface area contributed by atoms with Crippen molar-refractivity contribution < 1.29 is 22.8 Å². The molecule has 1 aliphatic rings. The van der Waals surface area contributed by atoms with Gasteiger partial charge in [0.25, 0.3) is 5.91 Å². The van der Waals surface area contributed by atoms with E-state index in [0.717, 1.165) is 12.1 Å². The Morgan fingerprint density at radius 3 is 2.60 bits per heavy atom.